The van der Waals surface area contributed by atoms with E-state index in [1.165, 1.54) is 6.92 Å². The van der Waals surface area contributed by atoms with Crippen LogP contribution >= 0.6 is 0 Å². The monoisotopic (exact) mass is 229 g/mol. The van der Waals surface area contributed by atoms with Crippen molar-refractivity contribution in [3.63, 3.8) is 0 Å². The van der Waals surface area contributed by atoms with Crippen LogP contribution < -0.4 is 10.7 Å². The topological polar surface area (TPSA) is 127 Å². The molecule has 8 nitrogen and oxygen atoms in total. The summed E-state index contributed by atoms with van der Waals surface area (Å²) in [4.78, 5) is 23.9. The van der Waals surface area contributed by atoms with E-state index >= 15 is 0 Å². The zero-order chi connectivity index (χ0) is 12.4. The van der Waals surface area contributed by atoms with Gasteiger partial charge in [0.2, 0.25) is 5.91 Å². The van der Waals surface area contributed by atoms with E-state index in [9.17, 15) is 9.59 Å². The number of nitrogens with zero attached hydrogens (tertiary/aromatic N) is 3. The van der Waals surface area contributed by atoms with E-state index in [2.05, 4.69) is 20.9 Å². The van der Waals surface area contributed by atoms with Crippen LogP contribution in [0.2, 0.25) is 0 Å². The Balaban J connectivity index is 3.72. The van der Waals surface area contributed by atoms with Crippen molar-refractivity contribution >= 4 is 11.9 Å². The molecule has 0 heterocycles. The highest BCUT2D eigenvalue weighted by atomic mass is 16.4. The van der Waals surface area contributed by atoms with Gasteiger partial charge in [0.1, 0.15) is 6.04 Å². The summed E-state index contributed by atoms with van der Waals surface area (Å²) in [6.45, 7) is 1.76. The zero-order valence-electron chi connectivity index (χ0n) is 9.01. The van der Waals surface area contributed by atoms with E-state index in [4.69, 9.17) is 10.6 Å². The molecule has 1 atom stereocenters. The van der Waals surface area contributed by atoms with Gasteiger partial charge in [-0.25, -0.2) is 4.79 Å². The highest BCUT2D eigenvalue weighted by molar-refractivity contribution is 5.81. The first kappa shape index (κ1) is 14.1. The molecule has 3 N–H and O–H groups in total. The molecule has 0 aromatic rings. The number of amides is 1. The van der Waals surface area contributed by atoms with Gasteiger partial charge in [-0.05, 0) is 24.5 Å². The summed E-state index contributed by atoms with van der Waals surface area (Å²) in [5.41, 5.74) is 10.4. The number of carboxylic acid groups (broad SMARTS) is 1. The van der Waals surface area contributed by atoms with Gasteiger partial charge in [0.05, 0.1) is 6.54 Å². The Labute approximate surface area is 92.6 Å². The maximum atomic E-state index is 10.7. The minimum atomic E-state index is -1.04. The van der Waals surface area contributed by atoms with Crippen LogP contribution in [0.3, 0.4) is 0 Å². The molecule has 0 saturated heterocycles. The predicted octanol–water partition coefficient (Wildman–Crippen LogP) is 0.561. The molecule has 0 aliphatic rings. The lowest BCUT2D eigenvalue weighted by atomic mass is 10.1. The standard InChI is InChI=1S/C8H15N5O3/c1-6(14)11-7(8(15)16)4-2-3-5-10-13-12-9/h7,10H,2-5H2,1H3,(H,11,14)(H,15,16)/t7-/m0/s1. The smallest absolute Gasteiger partial charge is 0.326 e. The number of rotatable bonds is 8. The van der Waals surface area contributed by atoms with Gasteiger partial charge < -0.3 is 10.4 Å². The molecule has 90 valence electrons. The summed E-state index contributed by atoms with van der Waals surface area (Å²) >= 11 is 0. The number of unbranched alkanes of at least 4 members (excludes halogenated alkanes) is 1. The SMILES string of the molecule is CC(=O)N[C@@H](CCCCNN=[N+]=[N-])C(=O)O. The lowest BCUT2D eigenvalue weighted by Crippen LogP contribution is -2.39. The van der Waals surface area contributed by atoms with Gasteiger partial charge in [-0.15, -0.1) is 5.53 Å². The Morgan fingerprint density at radius 3 is 2.69 bits per heavy atom. The van der Waals surface area contributed by atoms with E-state index < -0.39 is 12.0 Å². The molecule has 1 amide bonds. The summed E-state index contributed by atoms with van der Waals surface area (Å²) in [6, 6.07) is -0.850. The molecule has 0 fully saturated rings. The van der Waals surface area contributed by atoms with E-state index in [-0.39, 0.29) is 5.91 Å². The van der Waals surface area contributed by atoms with Gasteiger partial charge in [-0.3, -0.25) is 10.2 Å². The fourth-order valence-electron chi connectivity index (χ4n) is 1.14. The van der Waals surface area contributed by atoms with Crippen LogP contribution in [0.25, 0.3) is 10.4 Å². The molecule has 0 aromatic heterocycles. The van der Waals surface area contributed by atoms with Crippen LogP contribution in [0.5, 0.6) is 0 Å². The highest BCUT2D eigenvalue weighted by Crippen LogP contribution is 2.01. The largest absolute Gasteiger partial charge is 0.480 e. The number of carbonyl (C=O) groups is 2. The van der Waals surface area contributed by atoms with Crippen LogP contribution in [0.4, 0.5) is 0 Å². The molecule has 8 heteroatoms. The van der Waals surface area contributed by atoms with E-state index in [0.29, 0.717) is 25.8 Å². The second kappa shape index (κ2) is 8.37. The van der Waals surface area contributed by atoms with Crippen LogP contribution in [-0.4, -0.2) is 29.6 Å². The van der Waals surface area contributed by atoms with E-state index in [1.807, 2.05) is 0 Å². The minimum Gasteiger partial charge on any atom is -0.480 e. The average molecular weight is 229 g/mol. The summed E-state index contributed by atoms with van der Waals surface area (Å²) in [5.74, 6) is -1.40. The van der Waals surface area contributed by atoms with Crippen molar-refractivity contribution < 1.29 is 14.7 Å². The molecule has 0 unspecified atom stereocenters. The molecule has 0 aliphatic carbocycles. The maximum absolute atomic E-state index is 10.7. The summed E-state index contributed by atoms with van der Waals surface area (Å²) in [7, 11) is 0. The number of aliphatic carboxylic acids is 1. The molecule has 0 saturated carbocycles. The van der Waals surface area contributed by atoms with Gasteiger partial charge in [-0.2, -0.15) is 4.91 Å². The van der Waals surface area contributed by atoms with Crippen LogP contribution in [0, 0.1) is 0 Å². The first-order valence-electron chi connectivity index (χ1n) is 4.84. The molecule has 0 radical (unpaired) electrons. The quantitative estimate of drug-likeness (QED) is 0.185. The molecule has 0 aliphatic heterocycles. The first-order valence-corrected chi connectivity index (χ1v) is 4.84. The Hall–Kier alpha value is -1.95. The van der Waals surface area contributed by atoms with E-state index in [1.54, 1.807) is 0 Å². The van der Waals surface area contributed by atoms with Crippen molar-refractivity contribution in [3.8, 4) is 0 Å². The summed E-state index contributed by atoms with van der Waals surface area (Å²) < 4.78 is 0. The summed E-state index contributed by atoms with van der Waals surface area (Å²) in [5, 5.41) is 14.2. The molecule has 0 spiro atoms. The number of carboxylic acids is 1. The van der Waals surface area contributed by atoms with Gasteiger partial charge in [0.25, 0.3) is 0 Å². The fourth-order valence-corrected chi connectivity index (χ4v) is 1.14. The molecular weight excluding hydrogens is 214 g/mol. The lowest BCUT2D eigenvalue weighted by Gasteiger charge is -2.12. The fraction of sp³-hybridized carbons (Fsp3) is 0.750. The number of azide groups is 1. The molecule has 0 rings (SSSR count). The molecule has 16 heavy (non-hydrogen) atoms. The van der Waals surface area contributed by atoms with Gasteiger partial charge in [-0.1, -0.05) is 0 Å². The number of carbonyl (C=O) groups excluding carboxylic acids is 1. The summed E-state index contributed by atoms with van der Waals surface area (Å²) in [6.07, 6.45) is 1.64. The van der Waals surface area contributed by atoms with Crippen molar-refractivity contribution in [1.82, 2.24) is 10.7 Å². The molecule has 0 bridgehead atoms. The number of nitrogens with one attached hydrogen (secondary N) is 2. The average Bonchev–Trinajstić information content (AvgIpc) is 2.20. The third kappa shape index (κ3) is 7.45. The highest BCUT2D eigenvalue weighted by Gasteiger charge is 2.17. The predicted molar refractivity (Wildman–Crippen MR) is 56.2 cm³/mol. The van der Waals surface area contributed by atoms with Crippen LogP contribution in [0.15, 0.2) is 5.22 Å². The molecular formula is C8H15N5O3. The normalized spacial score (nSPS) is 11.1. The van der Waals surface area contributed by atoms with Crippen molar-refractivity contribution in [1.29, 1.82) is 0 Å². The van der Waals surface area contributed by atoms with Gasteiger partial charge in [0.15, 0.2) is 0 Å². The number of hydrogen-bond acceptors (Lipinski definition) is 3. The van der Waals surface area contributed by atoms with Gasteiger partial charge >= 0.3 is 5.97 Å². The maximum Gasteiger partial charge on any atom is 0.326 e. The second-order valence-corrected chi connectivity index (χ2v) is 3.18. The minimum absolute atomic E-state index is 0.354. The van der Waals surface area contributed by atoms with Crippen LogP contribution in [-0.2, 0) is 9.59 Å². The van der Waals surface area contributed by atoms with Crippen molar-refractivity contribution in [3.05, 3.63) is 10.4 Å². The Morgan fingerprint density at radius 1 is 1.50 bits per heavy atom. The van der Waals surface area contributed by atoms with E-state index in [0.717, 1.165) is 0 Å². The van der Waals surface area contributed by atoms with Crippen molar-refractivity contribution in [2.75, 3.05) is 6.54 Å². The third-order valence-electron chi connectivity index (χ3n) is 1.82. The zero-order valence-corrected chi connectivity index (χ0v) is 9.01. The Kier molecular flexibility index (Phi) is 7.35. The Bertz CT molecular complexity index is 287. The lowest BCUT2D eigenvalue weighted by molar-refractivity contribution is -0.141. The second-order valence-electron chi connectivity index (χ2n) is 3.18. The van der Waals surface area contributed by atoms with Crippen molar-refractivity contribution in [2.24, 2.45) is 5.22 Å². The van der Waals surface area contributed by atoms with Crippen molar-refractivity contribution in [2.45, 2.75) is 32.2 Å². The number of hydrogen-bond donors (Lipinski definition) is 3. The van der Waals surface area contributed by atoms with Gasteiger partial charge in [0, 0.05) is 6.92 Å². The Morgan fingerprint density at radius 2 is 2.19 bits per heavy atom. The van der Waals surface area contributed by atoms with Crippen LogP contribution in [0.1, 0.15) is 26.2 Å². The third-order valence-corrected chi connectivity index (χ3v) is 1.82. The molecule has 0 aromatic carbocycles. The first-order chi connectivity index (χ1) is 7.57.